The summed E-state index contributed by atoms with van der Waals surface area (Å²) in [5.74, 6) is -0.389. The third-order valence-electron chi connectivity index (χ3n) is 2.07. The van der Waals surface area contributed by atoms with Crippen LogP contribution in [0.2, 0.25) is 0 Å². The molecule has 0 atom stereocenters. The third-order valence-corrected chi connectivity index (χ3v) is 3.14. The third kappa shape index (κ3) is 2.19. The molecule has 0 fully saturated rings. The topological polar surface area (TPSA) is 63.4 Å². The highest BCUT2D eigenvalue weighted by Gasteiger charge is 2.24. The van der Waals surface area contributed by atoms with E-state index in [1.165, 1.54) is 11.9 Å². The van der Waals surface area contributed by atoms with Crippen LogP contribution in [0.4, 0.5) is 0 Å². The Bertz CT molecular complexity index is 420. The Morgan fingerprint density at radius 1 is 1.47 bits per heavy atom. The molecular weight excluding hydrogens is 212 g/mol. The zero-order valence-corrected chi connectivity index (χ0v) is 8.79. The maximum atomic E-state index is 11.7. The van der Waals surface area contributed by atoms with Crippen LogP contribution in [-0.2, 0) is 4.79 Å². The fourth-order valence-electron chi connectivity index (χ4n) is 1.46. The van der Waals surface area contributed by atoms with Crippen molar-refractivity contribution >= 4 is 23.6 Å². The van der Waals surface area contributed by atoms with Gasteiger partial charge in [-0.05, 0) is 18.0 Å². The van der Waals surface area contributed by atoms with E-state index in [0.29, 0.717) is 0 Å². The van der Waals surface area contributed by atoms with E-state index in [1.54, 1.807) is 10.4 Å². The summed E-state index contributed by atoms with van der Waals surface area (Å²) in [6.45, 7) is 0.343. The largest absolute Gasteiger partial charge is 0.369 e. The highest BCUT2D eigenvalue weighted by molar-refractivity contribution is 7.97. The summed E-state index contributed by atoms with van der Waals surface area (Å²) in [6, 6.07) is 7.37. The van der Waals surface area contributed by atoms with Crippen LogP contribution < -0.4 is 5.73 Å². The number of hydrogen-bond donors (Lipinski definition) is 1. The Balaban J connectivity index is 2.23. The first kappa shape index (κ1) is 10.2. The number of primary amides is 1. The zero-order chi connectivity index (χ0) is 10.8. The van der Waals surface area contributed by atoms with Crippen molar-refractivity contribution in [3.63, 3.8) is 0 Å². The first-order chi connectivity index (χ1) is 7.16. The van der Waals surface area contributed by atoms with Crippen molar-refractivity contribution in [2.45, 2.75) is 4.90 Å². The van der Waals surface area contributed by atoms with Crippen LogP contribution in [-0.4, -0.2) is 29.1 Å². The lowest BCUT2D eigenvalue weighted by Crippen LogP contribution is -2.35. The van der Waals surface area contributed by atoms with Crippen molar-refractivity contribution in [2.24, 2.45) is 5.73 Å². The van der Waals surface area contributed by atoms with Gasteiger partial charge in [-0.2, -0.15) is 0 Å². The number of rotatable bonds is 2. The van der Waals surface area contributed by atoms with Crippen LogP contribution >= 0.6 is 11.9 Å². The molecule has 78 valence electrons. The number of fused-ring (bicyclic) bond motifs is 1. The van der Waals surface area contributed by atoms with Gasteiger partial charge in [-0.15, -0.1) is 0 Å². The minimum atomic E-state index is -0.422. The number of carbonyl (C=O) groups excluding carboxylic acids is 2. The molecule has 4 nitrogen and oxygen atoms in total. The number of benzene rings is 1. The van der Waals surface area contributed by atoms with Gasteiger partial charge in [-0.25, -0.2) is 4.31 Å². The molecule has 5 heteroatoms. The molecule has 2 rings (SSSR count). The van der Waals surface area contributed by atoms with Crippen molar-refractivity contribution in [2.75, 3.05) is 13.1 Å². The van der Waals surface area contributed by atoms with Crippen LogP contribution in [0.3, 0.4) is 0 Å². The van der Waals surface area contributed by atoms with Crippen LogP contribution in [0.1, 0.15) is 10.4 Å². The Morgan fingerprint density at radius 3 is 2.93 bits per heavy atom. The molecule has 1 amide bonds. The van der Waals surface area contributed by atoms with Gasteiger partial charge in [0, 0.05) is 10.5 Å². The molecule has 1 aromatic carbocycles. The van der Waals surface area contributed by atoms with E-state index in [2.05, 4.69) is 0 Å². The lowest BCUT2D eigenvalue weighted by molar-refractivity contribution is -0.118. The average molecular weight is 222 g/mol. The molecule has 0 aromatic heterocycles. The van der Waals surface area contributed by atoms with Crippen LogP contribution in [0.5, 0.6) is 0 Å². The summed E-state index contributed by atoms with van der Waals surface area (Å²) in [5.41, 5.74) is 5.81. The number of Topliss-reactive ketones (excluding diaryl/α,β-unsaturated/α-hetero) is 1. The fourth-order valence-corrected chi connectivity index (χ4v) is 2.53. The van der Waals surface area contributed by atoms with Gasteiger partial charge in [0.15, 0.2) is 5.78 Å². The number of nitrogens with zero attached hydrogens (tertiary/aromatic N) is 1. The van der Waals surface area contributed by atoms with Gasteiger partial charge >= 0.3 is 0 Å². The summed E-state index contributed by atoms with van der Waals surface area (Å²) in [4.78, 5) is 23.3. The van der Waals surface area contributed by atoms with E-state index in [4.69, 9.17) is 5.73 Å². The molecule has 0 saturated heterocycles. The summed E-state index contributed by atoms with van der Waals surface area (Å²) in [6.07, 6.45) is 0. The van der Waals surface area contributed by atoms with Crippen LogP contribution in [0.15, 0.2) is 29.2 Å². The second-order valence-electron chi connectivity index (χ2n) is 3.27. The molecular formula is C10H10N2O2S. The van der Waals surface area contributed by atoms with Crippen LogP contribution in [0.25, 0.3) is 0 Å². The Morgan fingerprint density at radius 2 is 2.20 bits per heavy atom. The van der Waals surface area contributed by atoms with Gasteiger partial charge < -0.3 is 5.73 Å². The van der Waals surface area contributed by atoms with Crippen molar-refractivity contribution in [3.05, 3.63) is 29.8 Å². The van der Waals surface area contributed by atoms with Gasteiger partial charge in [0.1, 0.15) is 0 Å². The number of nitrogens with two attached hydrogens (primary N) is 1. The second-order valence-corrected chi connectivity index (χ2v) is 4.41. The number of hydrogen-bond acceptors (Lipinski definition) is 4. The first-order valence-electron chi connectivity index (χ1n) is 4.50. The zero-order valence-electron chi connectivity index (χ0n) is 7.97. The molecule has 0 unspecified atom stereocenters. The molecule has 15 heavy (non-hydrogen) atoms. The van der Waals surface area contributed by atoms with E-state index < -0.39 is 5.91 Å². The molecule has 1 heterocycles. The monoisotopic (exact) mass is 222 g/mol. The Kier molecular flexibility index (Phi) is 2.75. The summed E-state index contributed by atoms with van der Waals surface area (Å²) < 4.78 is 1.67. The number of carbonyl (C=O) groups is 2. The summed E-state index contributed by atoms with van der Waals surface area (Å²) in [5, 5.41) is 0. The number of ketones is 1. The molecule has 1 aliphatic heterocycles. The smallest absolute Gasteiger partial charge is 0.232 e. The quantitative estimate of drug-likeness (QED) is 0.747. The normalized spacial score (nSPS) is 16.1. The van der Waals surface area contributed by atoms with E-state index in [9.17, 15) is 9.59 Å². The highest BCUT2D eigenvalue weighted by Crippen LogP contribution is 2.30. The lowest BCUT2D eigenvalue weighted by Gasteiger charge is -2.24. The summed E-state index contributed by atoms with van der Waals surface area (Å²) >= 11 is 1.40. The minimum Gasteiger partial charge on any atom is -0.369 e. The van der Waals surface area contributed by atoms with Crippen LogP contribution in [0, 0.1) is 0 Å². The minimum absolute atomic E-state index is 0.0330. The first-order valence-corrected chi connectivity index (χ1v) is 5.27. The molecule has 1 aromatic rings. The maximum absolute atomic E-state index is 11.7. The van der Waals surface area contributed by atoms with Crippen molar-refractivity contribution in [1.82, 2.24) is 4.31 Å². The molecule has 0 aliphatic carbocycles. The highest BCUT2D eigenvalue weighted by atomic mass is 32.2. The van der Waals surface area contributed by atoms with E-state index in [1.807, 2.05) is 18.2 Å². The van der Waals surface area contributed by atoms with Crippen molar-refractivity contribution < 1.29 is 9.59 Å². The average Bonchev–Trinajstić information content (AvgIpc) is 2.16. The standard InChI is InChI=1S/C10H10N2O2S/c11-10(14)6-12-5-8(13)7-3-1-2-4-9(7)15-12/h1-4H,5-6H2,(H2,11,14). The lowest BCUT2D eigenvalue weighted by atomic mass is 10.1. The van der Waals surface area contributed by atoms with Crippen molar-refractivity contribution in [1.29, 1.82) is 0 Å². The SMILES string of the molecule is NC(=O)CN1CC(=O)c2ccccc2S1. The molecule has 0 saturated carbocycles. The predicted octanol–water partition coefficient (Wildman–Crippen LogP) is 0.677. The van der Waals surface area contributed by atoms with E-state index in [-0.39, 0.29) is 18.9 Å². The Hall–Kier alpha value is -1.33. The van der Waals surface area contributed by atoms with Gasteiger partial charge in [-0.1, -0.05) is 18.2 Å². The molecule has 2 N–H and O–H groups in total. The maximum Gasteiger partial charge on any atom is 0.232 e. The molecule has 0 radical (unpaired) electrons. The second kappa shape index (κ2) is 4.04. The van der Waals surface area contributed by atoms with Gasteiger partial charge in [0.2, 0.25) is 5.91 Å². The summed E-state index contributed by atoms with van der Waals surface area (Å²) in [7, 11) is 0. The fraction of sp³-hybridized carbons (Fsp3) is 0.200. The van der Waals surface area contributed by atoms with E-state index in [0.717, 1.165) is 10.5 Å². The molecule has 1 aliphatic rings. The molecule has 0 spiro atoms. The predicted molar refractivity (Wildman–Crippen MR) is 57.4 cm³/mol. The van der Waals surface area contributed by atoms with Gasteiger partial charge in [0.25, 0.3) is 0 Å². The van der Waals surface area contributed by atoms with Gasteiger partial charge in [0.05, 0.1) is 13.1 Å². The van der Waals surface area contributed by atoms with E-state index >= 15 is 0 Å². The van der Waals surface area contributed by atoms with Gasteiger partial charge in [-0.3, -0.25) is 9.59 Å². The molecule has 0 bridgehead atoms. The number of amides is 1. The Labute approximate surface area is 91.6 Å². The van der Waals surface area contributed by atoms with Crippen molar-refractivity contribution in [3.8, 4) is 0 Å².